The molecule has 1 aromatic heterocycles. The molecule has 0 aliphatic heterocycles. The number of aryl methyl sites for hydroxylation is 2. The Morgan fingerprint density at radius 3 is 2.17 bits per heavy atom. The van der Waals surface area contributed by atoms with Crippen LogP contribution in [0.3, 0.4) is 0 Å². The quantitative estimate of drug-likeness (QED) is 0.498. The molecule has 0 radical (unpaired) electrons. The molecule has 7 heteroatoms. The molecule has 1 heterocycles. The molecule has 0 spiro atoms. The van der Waals surface area contributed by atoms with Gasteiger partial charge in [0.25, 0.3) is 5.91 Å². The normalized spacial score (nSPS) is 17.1. The maximum Gasteiger partial charge on any atom is 0.328 e. The fourth-order valence-corrected chi connectivity index (χ4v) is 4.95. The molecule has 0 bridgehead atoms. The molecular formula is C28H30N2O5. The standard InChI is InChI=1S/C28H30N2O5/c1-17-9-5-7-11-20(17)28(21-12-8-6-10-18(21)2)15-13-23(28)35-27(33)19(3)30-26(32)24-25(31)22(34-4)14-16-29-24/h5-12,14,16,19,23,31H,13,15H2,1-4H3,(H,30,32)/t19-,23?/m0/s1. The first kappa shape index (κ1) is 24.3. The molecule has 2 aromatic carbocycles. The van der Waals surface area contributed by atoms with Gasteiger partial charge in [0.2, 0.25) is 0 Å². The van der Waals surface area contributed by atoms with E-state index < -0.39 is 23.3 Å². The van der Waals surface area contributed by atoms with E-state index in [1.54, 1.807) is 6.92 Å². The predicted molar refractivity (Wildman–Crippen MR) is 132 cm³/mol. The van der Waals surface area contributed by atoms with Crippen LogP contribution in [-0.2, 0) is 14.9 Å². The summed E-state index contributed by atoms with van der Waals surface area (Å²) >= 11 is 0. The molecular weight excluding hydrogens is 444 g/mol. The Hall–Kier alpha value is -3.87. The van der Waals surface area contributed by atoms with Gasteiger partial charge >= 0.3 is 5.97 Å². The second kappa shape index (κ2) is 9.78. The first-order valence-corrected chi connectivity index (χ1v) is 11.6. The van der Waals surface area contributed by atoms with E-state index in [1.807, 2.05) is 24.3 Å². The summed E-state index contributed by atoms with van der Waals surface area (Å²) in [4.78, 5) is 29.7. The van der Waals surface area contributed by atoms with Crippen molar-refractivity contribution in [3.05, 3.63) is 88.7 Å². The summed E-state index contributed by atoms with van der Waals surface area (Å²) in [5, 5.41) is 12.8. The first-order valence-electron chi connectivity index (χ1n) is 11.6. The van der Waals surface area contributed by atoms with Crippen LogP contribution in [0.1, 0.15) is 52.5 Å². The third-order valence-corrected chi connectivity index (χ3v) is 6.88. The summed E-state index contributed by atoms with van der Waals surface area (Å²) in [6.07, 6.45) is 2.54. The SMILES string of the molecule is COc1ccnc(C(=O)N[C@@H](C)C(=O)OC2CCC2(c2ccccc2C)c2ccccc2C)c1O. The number of methoxy groups -OCH3 is 1. The number of aromatic hydroxyl groups is 1. The molecule has 1 amide bonds. The van der Waals surface area contributed by atoms with E-state index >= 15 is 0 Å². The Labute approximate surface area is 205 Å². The number of benzene rings is 2. The predicted octanol–water partition coefficient (Wildman–Crippen LogP) is 4.22. The second-order valence-electron chi connectivity index (χ2n) is 8.97. The van der Waals surface area contributed by atoms with E-state index in [0.29, 0.717) is 6.42 Å². The van der Waals surface area contributed by atoms with Crippen LogP contribution >= 0.6 is 0 Å². The lowest BCUT2D eigenvalue weighted by Gasteiger charge is -2.51. The highest BCUT2D eigenvalue weighted by molar-refractivity contribution is 5.97. The second-order valence-corrected chi connectivity index (χ2v) is 8.97. The number of aromatic nitrogens is 1. The molecule has 0 saturated heterocycles. The smallest absolute Gasteiger partial charge is 0.328 e. The maximum atomic E-state index is 13.1. The van der Waals surface area contributed by atoms with Gasteiger partial charge in [0.05, 0.1) is 12.5 Å². The minimum Gasteiger partial charge on any atom is -0.503 e. The van der Waals surface area contributed by atoms with Crippen LogP contribution in [-0.4, -0.2) is 41.2 Å². The van der Waals surface area contributed by atoms with E-state index in [-0.39, 0.29) is 23.3 Å². The van der Waals surface area contributed by atoms with Crippen LogP contribution < -0.4 is 10.1 Å². The number of carbonyl (C=O) groups is 2. The largest absolute Gasteiger partial charge is 0.503 e. The van der Waals surface area contributed by atoms with E-state index in [4.69, 9.17) is 9.47 Å². The number of nitrogens with one attached hydrogen (secondary N) is 1. The summed E-state index contributed by atoms with van der Waals surface area (Å²) < 4.78 is 11.1. The summed E-state index contributed by atoms with van der Waals surface area (Å²) in [6.45, 7) is 5.70. The third-order valence-electron chi connectivity index (χ3n) is 6.88. The number of ether oxygens (including phenoxy) is 2. The zero-order valence-corrected chi connectivity index (χ0v) is 20.4. The summed E-state index contributed by atoms with van der Waals surface area (Å²) in [5.41, 5.74) is 3.88. The molecule has 1 aliphatic carbocycles. The number of amides is 1. The first-order chi connectivity index (χ1) is 16.8. The van der Waals surface area contributed by atoms with Gasteiger partial charge < -0.3 is 19.9 Å². The van der Waals surface area contributed by atoms with Crippen molar-refractivity contribution < 1.29 is 24.2 Å². The molecule has 3 aromatic rings. The van der Waals surface area contributed by atoms with Crippen LogP contribution in [0.25, 0.3) is 0 Å². The van der Waals surface area contributed by atoms with Gasteiger partial charge in [-0.3, -0.25) is 4.79 Å². The van der Waals surface area contributed by atoms with E-state index in [1.165, 1.54) is 19.4 Å². The number of pyridine rings is 1. The van der Waals surface area contributed by atoms with Crippen LogP contribution in [0.4, 0.5) is 0 Å². The fraction of sp³-hybridized carbons (Fsp3) is 0.321. The minimum absolute atomic E-state index is 0.121. The van der Waals surface area contributed by atoms with E-state index in [0.717, 1.165) is 28.7 Å². The molecule has 7 nitrogen and oxygen atoms in total. The Morgan fingerprint density at radius 2 is 1.66 bits per heavy atom. The maximum absolute atomic E-state index is 13.1. The number of hydrogen-bond acceptors (Lipinski definition) is 6. The lowest BCUT2D eigenvalue weighted by Crippen LogP contribution is -2.54. The van der Waals surface area contributed by atoms with Crippen LogP contribution in [0.15, 0.2) is 60.8 Å². The molecule has 1 saturated carbocycles. The lowest BCUT2D eigenvalue weighted by molar-refractivity contribution is -0.160. The average molecular weight is 475 g/mol. The molecule has 1 fully saturated rings. The molecule has 1 aliphatic rings. The van der Waals surface area contributed by atoms with Crippen molar-refractivity contribution in [3.8, 4) is 11.5 Å². The minimum atomic E-state index is -0.943. The van der Waals surface area contributed by atoms with Gasteiger partial charge in [-0.25, -0.2) is 9.78 Å². The van der Waals surface area contributed by atoms with Crippen molar-refractivity contribution in [2.45, 2.75) is 51.2 Å². The Bertz CT molecular complexity index is 1210. The third kappa shape index (κ3) is 4.34. The monoisotopic (exact) mass is 474 g/mol. The van der Waals surface area contributed by atoms with Crippen LogP contribution in [0.5, 0.6) is 11.5 Å². The van der Waals surface area contributed by atoms with Crippen molar-refractivity contribution in [2.24, 2.45) is 0 Å². The van der Waals surface area contributed by atoms with E-state index in [2.05, 4.69) is 48.4 Å². The number of nitrogens with zero attached hydrogens (tertiary/aromatic N) is 1. The van der Waals surface area contributed by atoms with Gasteiger partial charge in [0.1, 0.15) is 12.1 Å². The molecule has 182 valence electrons. The summed E-state index contributed by atoms with van der Waals surface area (Å²) in [7, 11) is 1.38. The van der Waals surface area contributed by atoms with Gasteiger partial charge in [0.15, 0.2) is 17.2 Å². The molecule has 4 rings (SSSR count). The number of rotatable bonds is 7. The molecule has 2 atom stereocenters. The molecule has 1 unspecified atom stereocenters. The van der Waals surface area contributed by atoms with Crippen LogP contribution in [0, 0.1) is 13.8 Å². The number of hydrogen-bond donors (Lipinski definition) is 2. The van der Waals surface area contributed by atoms with Gasteiger partial charge in [-0.05, 0) is 55.9 Å². The van der Waals surface area contributed by atoms with Gasteiger partial charge in [-0.1, -0.05) is 48.5 Å². The van der Waals surface area contributed by atoms with Gasteiger partial charge in [-0.15, -0.1) is 0 Å². The molecule has 35 heavy (non-hydrogen) atoms. The van der Waals surface area contributed by atoms with Crippen LogP contribution in [0.2, 0.25) is 0 Å². The molecule has 2 N–H and O–H groups in total. The van der Waals surface area contributed by atoms with Crippen molar-refractivity contribution in [2.75, 3.05) is 7.11 Å². The highest BCUT2D eigenvalue weighted by Crippen LogP contribution is 2.52. The average Bonchev–Trinajstić information content (AvgIpc) is 2.84. The zero-order chi connectivity index (χ0) is 25.2. The number of esters is 1. The van der Waals surface area contributed by atoms with Gasteiger partial charge in [-0.2, -0.15) is 0 Å². The van der Waals surface area contributed by atoms with Gasteiger partial charge in [0, 0.05) is 12.3 Å². The van der Waals surface area contributed by atoms with Crippen molar-refractivity contribution in [3.63, 3.8) is 0 Å². The highest BCUT2D eigenvalue weighted by Gasteiger charge is 2.53. The highest BCUT2D eigenvalue weighted by atomic mass is 16.5. The Morgan fingerprint density at radius 1 is 1.06 bits per heavy atom. The summed E-state index contributed by atoms with van der Waals surface area (Å²) in [6, 6.07) is 16.9. The van der Waals surface area contributed by atoms with E-state index in [9.17, 15) is 14.7 Å². The van der Waals surface area contributed by atoms with Crippen molar-refractivity contribution >= 4 is 11.9 Å². The zero-order valence-electron chi connectivity index (χ0n) is 20.4. The van der Waals surface area contributed by atoms with Crippen molar-refractivity contribution in [1.82, 2.24) is 10.3 Å². The number of carbonyl (C=O) groups excluding carboxylic acids is 2. The summed E-state index contributed by atoms with van der Waals surface area (Å²) in [5.74, 6) is -1.50. The topological polar surface area (TPSA) is 97.8 Å². The Balaban J connectivity index is 1.57. The lowest BCUT2D eigenvalue weighted by atomic mass is 9.56. The van der Waals surface area contributed by atoms with Crippen molar-refractivity contribution in [1.29, 1.82) is 0 Å². The Kier molecular flexibility index (Phi) is 6.78. The fourth-order valence-electron chi connectivity index (χ4n) is 4.95.